The Hall–Kier alpha value is -0.570. The van der Waals surface area contributed by atoms with Gasteiger partial charge in [0.1, 0.15) is 0 Å². The van der Waals surface area contributed by atoms with Gasteiger partial charge in [0.15, 0.2) is 0 Å². The Balaban J connectivity index is 1.46. The van der Waals surface area contributed by atoms with Crippen LogP contribution in [0.5, 0.6) is 0 Å². The largest absolute Gasteiger partial charge is 0.338 e. The molecule has 1 saturated heterocycles. The van der Waals surface area contributed by atoms with Crippen LogP contribution in [0.25, 0.3) is 0 Å². The number of piperidine rings is 1. The molecule has 1 unspecified atom stereocenters. The molecule has 100 valence electrons. The number of hydrogen-bond donors (Lipinski definition) is 1. The summed E-state index contributed by atoms with van der Waals surface area (Å²) in [6.45, 7) is 1.03. The van der Waals surface area contributed by atoms with Crippen LogP contribution in [0.1, 0.15) is 51.4 Å². The lowest BCUT2D eigenvalue weighted by atomic mass is 9.98. The van der Waals surface area contributed by atoms with Gasteiger partial charge in [-0.1, -0.05) is 0 Å². The monoisotopic (exact) mass is 248 g/mol. The number of carbonyl (C=O) groups is 1. The first-order chi connectivity index (χ1) is 8.83. The molecule has 1 N–H and O–H groups in total. The highest BCUT2D eigenvalue weighted by molar-refractivity contribution is 5.83. The second kappa shape index (κ2) is 4.22. The van der Waals surface area contributed by atoms with E-state index in [1.165, 1.54) is 44.9 Å². The predicted molar refractivity (Wildman–Crippen MR) is 70.1 cm³/mol. The minimum atomic E-state index is 0.145. The van der Waals surface area contributed by atoms with E-state index in [9.17, 15) is 4.79 Å². The molecule has 4 aliphatic rings. The molecular formula is C15H24N2O. The van der Waals surface area contributed by atoms with Crippen molar-refractivity contribution in [1.82, 2.24) is 10.2 Å². The van der Waals surface area contributed by atoms with Crippen molar-refractivity contribution in [2.75, 3.05) is 6.54 Å². The molecule has 0 aromatic carbocycles. The van der Waals surface area contributed by atoms with Crippen LogP contribution in [-0.4, -0.2) is 35.5 Å². The summed E-state index contributed by atoms with van der Waals surface area (Å²) in [4.78, 5) is 14.9. The van der Waals surface area contributed by atoms with Crippen molar-refractivity contribution in [3.8, 4) is 0 Å². The molecule has 1 atom stereocenters. The number of amides is 1. The molecule has 3 heteroatoms. The summed E-state index contributed by atoms with van der Waals surface area (Å²) in [5.41, 5.74) is 0. The van der Waals surface area contributed by atoms with Crippen molar-refractivity contribution in [3.63, 3.8) is 0 Å². The maximum absolute atomic E-state index is 12.7. The summed E-state index contributed by atoms with van der Waals surface area (Å²) in [5, 5.41) is 3.55. The van der Waals surface area contributed by atoms with Crippen molar-refractivity contribution in [2.24, 2.45) is 11.8 Å². The van der Waals surface area contributed by atoms with Crippen molar-refractivity contribution in [2.45, 2.75) is 69.5 Å². The minimum absolute atomic E-state index is 0.145. The standard InChI is InChI=1S/C15H24N2O/c18-15-13(16-12-7-8-12)2-1-9-17(15)14(10-3-4-10)11-5-6-11/h10-14,16H,1-9H2. The van der Waals surface area contributed by atoms with Gasteiger partial charge < -0.3 is 10.2 Å². The van der Waals surface area contributed by atoms with E-state index >= 15 is 0 Å². The quantitative estimate of drug-likeness (QED) is 0.806. The van der Waals surface area contributed by atoms with Gasteiger partial charge in [0.2, 0.25) is 5.91 Å². The Bertz CT molecular complexity index is 332. The fourth-order valence-corrected chi connectivity index (χ4v) is 3.65. The van der Waals surface area contributed by atoms with Gasteiger partial charge in [0, 0.05) is 18.6 Å². The lowest BCUT2D eigenvalue weighted by Crippen LogP contribution is -2.55. The van der Waals surface area contributed by atoms with Gasteiger partial charge in [-0.2, -0.15) is 0 Å². The molecule has 4 rings (SSSR count). The van der Waals surface area contributed by atoms with Gasteiger partial charge in [-0.3, -0.25) is 4.79 Å². The highest BCUT2D eigenvalue weighted by Crippen LogP contribution is 2.47. The molecule has 3 nitrogen and oxygen atoms in total. The van der Waals surface area contributed by atoms with E-state index in [2.05, 4.69) is 10.2 Å². The zero-order valence-electron chi connectivity index (χ0n) is 11.1. The zero-order chi connectivity index (χ0) is 12.1. The predicted octanol–water partition coefficient (Wildman–Crippen LogP) is 1.92. The molecule has 4 fully saturated rings. The van der Waals surface area contributed by atoms with Crippen LogP contribution < -0.4 is 5.32 Å². The molecule has 0 radical (unpaired) electrons. The highest BCUT2D eigenvalue weighted by atomic mass is 16.2. The van der Waals surface area contributed by atoms with Gasteiger partial charge in [-0.15, -0.1) is 0 Å². The first-order valence-electron chi connectivity index (χ1n) is 7.89. The van der Waals surface area contributed by atoms with E-state index in [1.54, 1.807) is 0 Å². The first kappa shape index (κ1) is 11.3. The molecule has 0 spiro atoms. The average molecular weight is 248 g/mol. The van der Waals surface area contributed by atoms with E-state index in [0.29, 0.717) is 18.0 Å². The minimum Gasteiger partial charge on any atom is -0.338 e. The Labute approximate surface area is 109 Å². The van der Waals surface area contributed by atoms with E-state index in [1.807, 2.05) is 0 Å². The number of hydrogen-bond acceptors (Lipinski definition) is 2. The molecule has 0 bridgehead atoms. The van der Waals surface area contributed by atoms with Crippen LogP contribution in [0.2, 0.25) is 0 Å². The molecular weight excluding hydrogens is 224 g/mol. The number of nitrogens with one attached hydrogen (secondary N) is 1. The van der Waals surface area contributed by atoms with Crippen LogP contribution in [0.4, 0.5) is 0 Å². The van der Waals surface area contributed by atoms with Crippen molar-refractivity contribution in [1.29, 1.82) is 0 Å². The summed E-state index contributed by atoms with van der Waals surface area (Å²) in [5.74, 6) is 2.12. The van der Waals surface area contributed by atoms with E-state index in [-0.39, 0.29) is 6.04 Å². The SMILES string of the molecule is O=C1C(NC2CC2)CCCN1C(C1CC1)C1CC1. The van der Waals surface area contributed by atoms with E-state index in [0.717, 1.165) is 24.8 Å². The first-order valence-corrected chi connectivity index (χ1v) is 7.89. The molecule has 3 saturated carbocycles. The maximum Gasteiger partial charge on any atom is 0.239 e. The normalized spacial score (nSPS) is 33.3. The lowest BCUT2D eigenvalue weighted by Gasteiger charge is -2.39. The van der Waals surface area contributed by atoms with Crippen molar-refractivity contribution < 1.29 is 4.79 Å². The molecule has 0 aromatic heterocycles. The molecule has 0 aromatic rings. The van der Waals surface area contributed by atoms with Gasteiger partial charge in [0.05, 0.1) is 6.04 Å². The second-order valence-corrected chi connectivity index (χ2v) is 6.83. The molecule has 1 amide bonds. The fourth-order valence-electron chi connectivity index (χ4n) is 3.65. The van der Waals surface area contributed by atoms with Crippen LogP contribution >= 0.6 is 0 Å². The van der Waals surface area contributed by atoms with Gasteiger partial charge in [0.25, 0.3) is 0 Å². The maximum atomic E-state index is 12.7. The van der Waals surface area contributed by atoms with Crippen molar-refractivity contribution >= 4 is 5.91 Å². The Morgan fingerprint density at radius 3 is 2.22 bits per heavy atom. The topological polar surface area (TPSA) is 32.3 Å². The third-order valence-electron chi connectivity index (χ3n) is 5.06. The van der Waals surface area contributed by atoms with Crippen LogP contribution in [0.15, 0.2) is 0 Å². The summed E-state index contributed by atoms with van der Waals surface area (Å²) in [7, 11) is 0. The highest BCUT2D eigenvalue weighted by Gasteiger charge is 2.48. The number of carbonyl (C=O) groups excluding carboxylic acids is 1. The molecule has 18 heavy (non-hydrogen) atoms. The van der Waals surface area contributed by atoms with Gasteiger partial charge in [-0.05, 0) is 63.2 Å². The Kier molecular flexibility index (Phi) is 2.65. The lowest BCUT2D eigenvalue weighted by molar-refractivity contribution is -0.139. The fraction of sp³-hybridized carbons (Fsp3) is 0.933. The molecule has 1 heterocycles. The zero-order valence-corrected chi connectivity index (χ0v) is 11.1. The van der Waals surface area contributed by atoms with Crippen LogP contribution in [0.3, 0.4) is 0 Å². The van der Waals surface area contributed by atoms with Crippen LogP contribution in [0, 0.1) is 11.8 Å². The molecule has 3 aliphatic carbocycles. The Morgan fingerprint density at radius 1 is 1.00 bits per heavy atom. The summed E-state index contributed by atoms with van der Waals surface area (Å²) >= 11 is 0. The number of likely N-dealkylation sites (tertiary alicyclic amines) is 1. The third-order valence-corrected chi connectivity index (χ3v) is 5.06. The number of nitrogens with zero attached hydrogens (tertiary/aromatic N) is 1. The van der Waals surface area contributed by atoms with Crippen LogP contribution in [-0.2, 0) is 4.79 Å². The van der Waals surface area contributed by atoms with Gasteiger partial charge in [-0.25, -0.2) is 0 Å². The third kappa shape index (κ3) is 2.18. The van der Waals surface area contributed by atoms with E-state index in [4.69, 9.17) is 0 Å². The molecule has 1 aliphatic heterocycles. The number of rotatable bonds is 5. The summed E-state index contributed by atoms with van der Waals surface area (Å²) < 4.78 is 0. The van der Waals surface area contributed by atoms with E-state index < -0.39 is 0 Å². The Morgan fingerprint density at radius 2 is 1.67 bits per heavy atom. The summed E-state index contributed by atoms with van der Waals surface area (Å²) in [6, 6.07) is 1.41. The van der Waals surface area contributed by atoms with Gasteiger partial charge >= 0.3 is 0 Å². The second-order valence-electron chi connectivity index (χ2n) is 6.83. The summed E-state index contributed by atoms with van der Waals surface area (Å²) in [6.07, 6.45) is 10.3. The smallest absolute Gasteiger partial charge is 0.239 e. The van der Waals surface area contributed by atoms with Crippen molar-refractivity contribution in [3.05, 3.63) is 0 Å². The average Bonchev–Trinajstić information content (AvgIpc) is 3.23.